The summed E-state index contributed by atoms with van der Waals surface area (Å²) in [5.74, 6) is -0.721. The molecule has 29 heavy (non-hydrogen) atoms. The van der Waals surface area contributed by atoms with Crippen LogP contribution in [0.4, 0.5) is 5.69 Å². The number of para-hydroxylation sites is 1. The second-order valence-corrected chi connectivity index (χ2v) is 7.01. The van der Waals surface area contributed by atoms with Crippen LogP contribution in [0.5, 0.6) is 0 Å². The molecule has 1 atom stereocenters. The first-order chi connectivity index (χ1) is 14.1. The second kappa shape index (κ2) is 7.89. The number of aromatic amines is 1. The summed E-state index contributed by atoms with van der Waals surface area (Å²) in [6.45, 7) is 0.592. The van der Waals surface area contributed by atoms with Crippen LogP contribution in [0.15, 0.2) is 54.7 Å². The molecule has 0 bridgehead atoms. The Morgan fingerprint density at radius 3 is 2.66 bits per heavy atom. The lowest BCUT2D eigenvalue weighted by Crippen LogP contribution is -2.39. The lowest BCUT2D eigenvalue weighted by molar-refractivity contribution is -0.121. The number of hydrogen-bond acceptors (Lipinski definition) is 4. The first kappa shape index (κ1) is 18.9. The Morgan fingerprint density at radius 2 is 1.90 bits per heavy atom. The van der Waals surface area contributed by atoms with Gasteiger partial charge < -0.3 is 15.6 Å². The first-order valence-corrected chi connectivity index (χ1v) is 9.56. The molecule has 3 N–H and O–H groups in total. The summed E-state index contributed by atoms with van der Waals surface area (Å²) in [5, 5.41) is 6.92. The molecule has 1 saturated heterocycles. The summed E-state index contributed by atoms with van der Waals surface area (Å²) in [5.41, 5.74) is 3.21. The van der Waals surface area contributed by atoms with Gasteiger partial charge >= 0.3 is 0 Å². The topological polar surface area (TPSA) is 94.3 Å². The van der Waals surface area contributed by atoms with E-state index in [4.69, 9.17) is 0 Å². The first-order valence-electron chi connectivity index (χ1n) is 9.56. The molecule has 0 radical (unpaired) electrons. The SMILES string of the molecule is CNC(=O)c1ccc(N2C(=O)C[C@H](NCCc3c[nH]c4ccccc34)C2=O)cc1. The minimum absolute atomic E-state index is 0.129. The van der Waals surface area contributed by atoms with Gasteiger partial charge in [-0.15, -0.1) is 0 Å². The van der Waals surface area contributed by atoms with Gasteiger partial charge in [-0.3, -0.25) is 14.4 Å². The van der Waals surface area contributed by atoms with Crippen LogP contribution in [0.25, 0.3) is 10.9 Å². The number of carbonyl (C=O) groups is 3. The van der Waals surface area contributed by atoms with Crippen molar-refractivity contribution in [2.75, 3.05) is 18.5 Å². The third-order valence-corrected chi connectivity index (χ3v) is 5.22. The number of carbonyl (C=O) groups excluding carboxylic acids is 3. The molecule has 7 nitrogen and oxygen atoms in total. The lowest BCUT2D eigenvalue weighted by atomic mass is 10.1. The van der Waals surface area contributed by atoms with Crippen molar-refractivity contribution in [3.8, 4) is 0 Å². The van der Waals surface area contributed by atoms with Gasteiger partial charge in [0.15, 0.2) is 0 Å². The number of hydrogen-bond donors (Lipinski definition) is 3. The zero-order chi connectivity index (χ0) is 20.4. The molecule has 2 aromatic carbocycles. The Bertz CT molecular complexity index is 1070. The van der Waals surface area contributed by atoms with Gasteiger partial charge in [0.1, 0.15) is 0 Å². The summed E-state index contributed by atoms with van der Waals surface area (Å²) in [6, 6.07) is 14.0. The molecule has 2 heterocycles. The fraction of sp³-hybridized carbons (Fsp3) is 0.227. The summed E-state index contributed by atoms with van der Waals surface area (Å²) in [7, 11) is 1.55. The summed E-state index contributed by atoms with van der Waals surface area (Å²) < 4.78 is 0. The van der Waals surface area contributed by atoms with E-state index in [1.54, 1.807) is 31.3 Å². The fourth-order valence-corrected chi connectivity index (χ4v) is 3.69. The predicted octanol–water partition coefficient (Wildman–Crippen LogP) is 1.99. The Kier molecular flexibility index (Phi) is 5.14. The summed E-state index contributed by atoms with van der Waals surface area (Å²) in [6.07, 6.45) is 2.86. The maximum Gasteiger partial charge on any atom is 0.251 e. The van der Waals surface area contributed by atoms with Crippen molar-refractivity contribution < 1.29 is 14.4 Å². The molecule has 1 aliphatic heterocycles. The third kappa shape index (κ3) is 3.64. The molecule has 1 aliphatic rings. The molecule has 1 aromatic heterocycles. The van der Waals surface area contributed by atoms with E-state index < -0.39 is 6.04 Å². The predicted molar refractivity (Wildman–Crippen MR) is 111 cm³/mol. The molecule has 7 heteroatoms. The number of rotatable bonds is 6. The molecule has 0 saturated carbocycles. The summed E-state index contributed by atoms with van der Waals surface area (Å²) >= 11 is 0. The maximum atomic E-state index is 12.8. The van der Waals surface area contributed by atoms with Crippen LogP contribution in [0, 0.1) is 0 Å². The van der Waals surface area contributed by atoms with Crippen molar-refractivity contribution in [1.29, 1.82) is 0 Å². The van der Waals surface area contributed by atoms with Crippen LogP contribution in [0.2, 0.25) is 0 Å². The van der Waals surface area contributed by atoms with Gasteiger partial charge in [-0.1, -0.05) is 18.2 Å². The van der Waals surface area contributed by atoms with Gasteiger partial charge in [0.25, 0.3) is 11.8 Å². The smallest absolute Gasteiger partial charge is 0.251 e. The molecule has 3 aromatic rings. The number of imide groups is 1. The molecule has 0 aliphatic carbocycles. The van der Waals surface area contributed by atoms with Gasteiger partial charge in [-0.25, -0.2) is 4.90 Å². The Morgan fingerprint density at radius 1 is 1.14 bits per heavy atom. The van der Waals surface area contributed by atoms with Crippen molar-refractivity contribution in [2.45, 2.75) is 18.9 Å². The molecule has 0 spiro atoms. The Balaban J connectivity index is 1.39. The fourth-order valence-electron chi connectivity index (χ4n) is 3.69. The van der Waals surface area contributed by atoms with Crippen LogP contribution in [-0.2, 0) is 16.0 Å². The maximum absolute atomic E-state index is 12.8. The molecule has 0 unspecified atom stereocenters. The second-order valence-electron chi connectivity index (χ2n) is 7.01. The van der Waals surface area contributed by atoms with Gasteiger partial charge in [-0.05, 0) is 42.3 Å². The van der Waals surface area contributed by atoms with Gasteiger partial charge in [-0.2, -0.15) is 0 Å². The van der Waals surface area contributed by atoms with Gasteiger partial charge in [0, 0.05) is 36.3 Å². The van der Waals surface area contributed by atoms with Gasteiger partial charge in [0.2, 0.25) is 5.91 Å². The van der Waals surface area contributed by atoms with Crippen molar-refractivity contribution in [3.63, 3.8) is 0 Å². The highest BCUT2D eigenvalue weighted by molar-refractivity contribution is 6.22. The normalized spacial score (nSPS) is 16.6. The highest BCUT2D eigenvalue weighted by Crippen LogP contribution is 2.24. The van der Waals surface area contributed by atoms with E-state index in [1.165, 1.54) is 15.8 Å². The molecular weight excluding hydrogens is 368 g/mol. The largest absolute Gasteiger partial charge is 0.361 e. The Labute approximate surface area is 168 Å². The number of fused-ring (bicyclic) bond motifs is 1. The number of benzene rings is 2. The molecule has 4 rings (SSSR count). The van der Waals surface area contributed by atoms with E-state index in [0.717, 1.165) is 11.9 Å². The highest BCUT2D eigenvalue weighted by atomic mass is 16.2. The standard InChI is InChI=1S/C22H22N4O3/c1-23-21(28)14-6-8-16(9-7-14)26-20(27)12-19(22(26)29)24-11-10-15-13-25-18-5-3-2-4-17(15)18/h2-9,13,19,24-25H,10-12H2,1H3,(H,23,28)/t19-/m0/s1. The molecule has 3 amide bonds. The quantitative estimate of drug-likeness (QED) is 0.561. The number of anilines is 1. The zero-order valence-electron chi connectivity index (χ0n) is 16.1. The minimum atomic E-state index is -0.536. The van der Waals surface area contributed by atoms with Crippen molar-refractivity contribution in [1.82, 2.24) is 15.6 Å². The average Bonchev–Trinajstić information content (AvgIpc) is 3.28. The third-order valence-electron chi connectivity index (χ3n) is 5.22. The molecular formula is C22H22N4O3. The molecule has 1 fully saturated rings. The van der Waals surface area contributed by atoms with E-state index in [2.05, 4.69) is 21.7 Å². The van der Waals surface area contributed by atoms with Crippen molar-refractivity contribution >= 4 is 34.3 Å². The van der Waals surface area contributed by atoms with Crippen LogP contribution in [-0.4, -0.2) is 42.3 Å². The van der Waals surface area contributed by atoms with E-state index >= 15 is 0 Å². The van der Waals surface area contributed by atoms with E-state index in [0.29, 0.717) is 17.8 Å². The molecule has 148 valence electrons. The van der Waals surface area contributed by atoms with Crippen LogP contribution >= 0.6 is 0 Å². The number of nitrogens with one attached hydrogen (secondary N) is 3. The van der Waals surface area contributed by atoms with Crippen LogP contribution < -0.4 is 15.5 Å². The van der Waals surface area contributed by atoms with Crippen molar-refractivity contribution in [3.05, 3.63) is 65.9 Å². The summed E-state index contributed by atoms with van der Waals surface area (Å²) in [4.78, 5) is 41.3. The lowest BCUT2D eigenvalue weighted by Gasteiger charge is -2.16. The number of nitrogens with zero attached hydrogens (tertiary/aromatic N) is 1. The van der Waals surface area contributed by atoms with Crippen LogP contribution in [0.1, 0.15) is 22.3 Å². The van der Waals surface area contributed by atoms with E-state index in [-0.39, 0.29) is 24.1 Å². The minimum Gasteiger partial charge on any atom is -0.361 e. The van der Waals surface area contributed by atoms with E-state index in [9.17, 15) is 14.4 Å². The van der Waals surface area contributed by atoms with Crippen molar-refractivity contribution in [2.24, 2.45) is 0 Å². The Hall–Kier alpha value is -3.45. The number of amides is 3. The highest BCUT2D eigenvalue weighted by Gasteiger charge is 2.39. The van der Waals surface area contributed by atoms with Crippen LogP contribution in [0.3, 0.4) is 0 Å². The zero-order valence-corrected chi connectivity index (χ0v) is 16.1. The monoisotopic (exact) mass is 390 g/mol. The number of H-pyrrole nitrogens is 1. The number of aromatic nitrogens is 1. The average molecular weight is 390 g/mol. The van der Waals surface area contributed by atoms with E-state index in [1.807, 2.05) is 24.4 Å². The van der Waals surface area contributed by atoms with Gasteiger partial charge in [0.05, 0.1) is 18.2 Å².